The first-order valence-electron chi connectivity index (χ1n) is 7.87. The third-order valence-electron chi connectivity index (χ3n) is 3.80. The van der Waals surface area contributed by atoms with Crippen LogP contribution in [0.15, 0.2) is 76.1 Å². The predicted octanol–water partition coefficient (Wildman–Crippen LogP) is 3.60. The van der Waals surface area contributed by atoms with E-state index in [1.165, 1.54) is 0 Å². The van der Waals surface area contributed by atoms with Gasteiger partial charge in [-0.2, -0.15) is 5.10 Å². The Kier molecular flexibility index (Phi) is 4.00. The molecule has 0 amide bonds. The summed E-state index contributed by atoms with van der Waals surface area (Å²) < 4.78 is 12.2. The highest BCUT2D eigenvalue weighted by Crippen LogP contribution is 2.21. The molecule has 0 spiro atoms. The molecule has 0 saturated heterocycles. The number of hydrogen-bond donors (Lipinski definition) is 0. The number of carbonyl (C=O) groups is 1. The summed E-state index contributed by atoms with van der Waals surface area (Å²) in [6, 6.07) is 15.1. The van der Waals surface area contributed by atoms with Crippen molar-refractivity contribution in [1.82, 2.24) is 14.9 Å². The lowest BCUT2D eigenvalue weighted by molar-refractivity contribution is 0.0984. The van der Waals surface area contributed by atoms with Crippen LogP contribution in [0.4, 0.5) is 0 Å². The molecule has 1 aromatic carbocycles. The van der Waals surface area contributed by atoms with E-state index in [0.717, 1.165) is 11.1 Å². The van der Waals surface area contributed by atoms with Crippen LogP contribution in [0.25, 0.3) is 11.5 Å². The zero-order valence-corrected chi connectivity index (χ0v) is 13.3. The second-order valence-corrected chi connectivity index (χ2v) is 5.69. The first-order valence-corrected chi connectivity index (χ1v) is 7.87. The maximum absolute atomic E-state index is 12.4. The Hall–Kier alpha value is -3.41. The molecular formula is C19H15N3O3. The van der Waals surface area contributed by atoms with Crippen molar-refractivity contribution in [3.8, 4) is 11.5 Å². The van der Waals surface area contributed by atoms with Crippen molar-refractivity contribution in [2.45, 2.75) is 13.0 Å². The fourth-order valence-corrected chi connectivity index (χ4v) is 2.57. The molecule has 6 nitrogen and oxygen atoms in total. The third-order valence-corrected chi connectivity index (χ3v) is 3.80. The first kappa shape index (κ1) is 15.1. The molecule has 25 heavy (non-hydrogen) atoms. The number of nitrogens with zero attached hydrogens (tertiary/aromatic N) is 3. The second-order valence-electron chi connectivity index (χ2n) is 5.69. The summed E-state index contributed by atoms with van der Waals surface area (Å²) >= 11 is 0. The van der Waals surface area contributed by atoms with Crippen molar-refractivity contribution in [2.24, 2.45) is 0 Å². The van der Waals surface area contributed by atoms with Gasteiger partial charge in [0.05, 0.1) is 19.0 Å². The minimum Gasteiger partial charge on any atom is -0.461 e. The molecule has 4 aromatic rings. The van der Waals surface area contributed by atoms with Gasteiger partial charge in [-0.1, -0.05) is 35.5 Å². The summed E-state index contributed by atoms with van der Waals surface area (Å²) in [6.45, 7) is 0.668. The van der Waals surface area contributed by atoms with Crippen molar-refractivity contribution < 1.29 is 13.7 Å². The molecule has 0 radical (unpaired) electrons. The predicted molar refractivity (Wildman–Crippen MR) is 90.0 cm³/mol. The molecule has 6 heteroatoms. The average molecular weight is 333 g/mol. The zero-order chi connectivity index (χ0) is 17.1. The number of carbonyl (C=O) groups excluding carboxylic acids is 1. The van der Waals surface area contributed by atoms with Crippen LogP contribution in [0.5, 0.6) is 0 Å². The summed E-state index contributed by atoms with van der Waals surface area (Å²) in [5, 5.41) is 8.14. The number of Topliss-reactive ketones (excluding diaryl/α,β-unsaturated/α-hetero) is 1. The van der Waals surface area contributed by atoms with Crippen molar-refractivity contribution >= 4 is 5.78 Å². The van der Waals surface area contributed by atoms with Crippen LogP contribution in [0.2, 0.25) is 0 Å². The molecule has 0 saturated carbocycles. The van der Waals surface area contributed by atoms with E-state index in [4.69, 9.17) is 8.94 Å². The molecule has 3 aromatic heterocycles. The largest absolute Gasteiger partial charge is 0.461 e. The third kappa shape index (κ3) is 3.42. The molecular weight excluding hydrogens is 318 g/mol. The minimum absolute atomic E-state index is 0.124. The van der Waals surface area contributed by atoms with E-state index in [0.29, 0.717) is 18.1 Å². The second kappa shape index (κ2) is 6.60. The molecule has 3 heterocycles. The van der Waals surface area contributed by atoms with Gasteiger partial charge >= 0.3 is 0 Å². The normalized spacial score (nSPS) is 10.9. The van der Waals surface area contributed by atoms with Crippen molar-refractivity contribution in [1.29, 1.82) is 0 Å². The molecule has 4 rings (SSSR count). The van der Waals surface area contributed by atoms with E-state index in [9.17, 15) is 4.79 Å². The summed E-state index contributed by atoms with van der Waals surface area (Å²) in [5.74, 6) is 0.858. The Labute approximate surface area is 143 Å². The van der Waals surface area contributed by atoms with Crippen LogP contribution < -0.4 is 0 Å². The number of aromatic nitrogens is 3. The minimum atomic E-state index is -0.124. The molecule has 0 fully saturated rings. The lowest BCUT2D eigenvalue weighted by Crippen LogP contribution is -2.03. The molecule has 0 unspecified atom stereocenters. The number of furan rings is 1. The lowest BCUT2D eigenvalue weighted by Gasteiger charge is -2.00. The summed E-state index contributed by atoms with van der Waals surface area (Å²) in [7, 11) is 0. The molecule has 0 bridgehead atoms. The highest BCUT2D eigenvalue weighted by molar-refractivity contribution is 5.96. The van der Waals surface area contributed by atoms with Crippen LogP contribution in [-0.4, -0.2) is 20.7 Å². The van der Waals surface area contributed by atoms with Crippen LogP contribution in [0, 0.1) is 0 Å². The smallest absolute Gasteiger partial charge is 0.202 e. The van der Waals surface area contributed by atoms with Gasteiger partial charge in [0.15, 0.2) is 17.2 Å². The highest BCUT2D eigenvalue weighted by Gasteiger charge is 2.16. The van der Waals surface area contributed by atoms with Gasteiger partial charge in [-0.3, -0.25) is 9.48 Å². The van der Waals surface area contributed by atoms with Crippen LogP contribution >= 0.6 is 0 Å². The standard InChI is InChI=1S/C19H15N3O3/c23-17(16-10-19(25-21-16)18-7-4-8-24-18)9-15-11-20-22(13-15)12-14-5-2-1-3-6-14/h1-8,10-11,13H,9,12H2. The summed E-state index contributed by atoms with van der Waals surface area (Å²) in [4.78, 5) is 12.4. The van der Waals surface area contributed by atoms with E-state index in [-0.39, 0.29) is 17.9 Å². The van der Waals surface area contributed by atoms with E-state index < -0.39 is 0 Å². The molecule has 0 aliphatic carbocycles. The van der Waals surface area contributed by atoms with Crippen LogP contribution in [0.1, 0.15) is 21.6 Å². The van der Waals surface area contributed by atoms with Gasteiger partial charge in [0.2, 0.25) is 5.76 Å². The Balaban J connectivity index is 1.43. The lowest BCUT2D eigenvalue weighted by atomic mass is 10.1. The van der Waals surface area contributed by atoms with E-state index in [1.54, 1.807) is 30.7 Å². The van der Waals surface area contributed by atoms with Crippen molar-refractivity contribution in [2.75, 3.05) is 0 Å². The average Bonchev–Trinajstić information content (AvgIpc) is 3.37. The molecule has 0 N–H and O–H groups in total. The summed E-state index contributed by atoms with van der Waals surface area (Å²) in [5.41, 5.74) is 2.27. The monoisotopic (exact) mass is 333 g/mol. The maximum atomic E-state index is 12.4. The molecule has 0 aliphatic rings. The number of ketones is 1. The zero-order valence-electron chi connectivity index (χ0n) is 13.3. The Morgan fingerprint density at radius 3 is 2.72 bits per heavy atom. The first-order chi connectivity index (χ1) is 12.3. The van der Waals surface area contributed by atoms with Gasteiger partial charge in [0, 0.05) is 18.7 Å². The van der Waals surface area contributed by atoms with Gasteiger partial charge in [-0.25, -0.2) is 0 Å². The van der Waals surface area contributed by atoms with Crippen LogP contribution in [0.3, 0.4) is 0 Å². The van der Waals surface area contributed by atoms with Crippen molar-refractivity contribution in [3.63, 3.8) is 0 Å². The van der Waals surface area contributed by atoms with Gasteiger partial charge < -0.3 is 8.94 Å². The SMILES string of the molecule is O=C(Cc1cnn(Cc2ccccc2)c1)c1cc(-c2ccco2)on1. The van der Waals surface area contributed by atoms with Gasteiger partial charge in [0.1, 0.15) is 0 Å². The van der Waals surface area contributed by atoms with E-state index in [1.807, 2.05) is 41.2 Å². The number of rotatable bonds is 6. The van der Waals surface area contributed by atoms with E-state index in [2.05, 4.69) is 10.3 Å². The Morgan fingerprint density at radius 1 is 1.04 bits per heavy atom. The fourth-order valence-electron chi connectivity index (χ4n) is 2.57. The Bertz CT molecular complexity index is 968. The van der Waals surface area contributed by atoms with Crippen LogP contribution in [-0.2, 0) is 13.0 Å². The maximum Gasteiger partial charge on any atom is 0.202 e. The van der Waals surface area contributed by atoms with E-state index >= 15 is 0 Å². The quantitative estimate of drug-likeness (QED) is 0.504. The fraction of sp³-hybridized carbons (Fsp3) is 0.105. The van der Waals surface area contributed by atoms with Crippen molar-refractivity contribution in [3.05, 3.63) is 84.0 Å². The number of hydrogen-bond acceptors (Lipinski definition) is 5. The number of benzene rings is 1. The highest BCUT2D eigenvalue weighted by atomic mass is 16.5. The molecule has 0 atom stereocenters. The van der Waals surface area contributed by atoms with Gasteiger partial charge in [0.25, 0.3) is 0 Å². The molecule has 0 aliphatic heterocycles. The summed E-state index contributed by atoms with van der Waals surface area (Å²) in [6.07, 6.45) is 5.34. The Morgan fingerprint density at radius 2 is 1.92 bits per heavy atom. The van der Waals surface area contributed by atoms with Gasteiger partial charge in [-0.05, 0) is 23.3 Å². The van der Waals surface area contributed by atoms with Gasteiger partial charge in [-0.15, -0.1) is 0 Å². The topological polar surface area (TPSA) is 74.1 Å². The molecule has 124 valence electrons.